The zero-order chi connectivity index (χ0) is 18.1. The van der Waals surface area contributed by atoms with Crippen LogP contribution in [-0.2, 0) is 12.7 Å². The van der Waals surface area contributed by atoms with Gasteiger partial charge in [-0.3, -0.25) is 9.80 Å². The number of rotatable bonds is 3. The highest BCUT2D eigenvalue weighted by atomic mass is 19.4. The van der Waals surface area contributed by atoms with Gasteiger partial charge in [-0.15, -0.1) is 0 Å². The largest absolute Gasteiger partial charge is 0.416 e. The molecule has 4 rings (SSSR count). The van der Waals surface area contributed by atoms with E-state index in [0.717, 1.165) is 31.1 Å². The average molecular weight is 366 g/mol. The Balaban J connectivity index is 1.51. The lowest BCUT2D eigenvalue weighted by Crippen LogP contribution is -2.59. The first-order chi connectivity index (χ1) is 12.5. The van der Waals surface area contributed by atoms with E-state index >= 15 is 0 Å². The second-order valence-electron chi connectivity index (χ2n) is 8.30. The Morgan fingerprint density at radius 1 is 0.846 bits per heavy atom. The second kappa shape index (κ2) is 7.51. The Bertz CT molecular complexity index is 592. The van der Waals surface area contributed by atoms with E-state index in [9.17, 15) is 13.2 Å². The molecular formula is C21H29F3N2. The van der Waals surface area contributed by atoms with Crippen LogP contribution in [0.1, 0.15) is 56.1 Å². The molecule has 2 aliphatic heterocycles. The zero-order valence-electron chi connectivity index (χ0n) is 15.3. The van der Waals surface area contributed by atoms with Crippen molar-refractivity contribution in [2.24, 2.45) is 5.92 Å². The number of nitrogens with zero attached hydrogens (tertiary/aromatic N) is 2. The Kier molecular flexibility index (Phi) is 5.29. The van der Waals surface area contributed by atoms with Crippen molar-refractivity contribution in [3.8, 4) is 0 Å². The second-order valence-corrected chi connectivity index (χ2v) is 8.30. The molecule has 0 bridgehead atoms. The molecule has 3 aliphatic rings. The molecule has 0 N–H and O–H groups in total. The molecule has 5 heteroatoms. The SMILES string of the molecule is FC(F)(F)c1ccc(CN2CCN3CCC[C@@H]3[C@H]2C2CCCCC2)cc1. The lowest BCUT2D eigenvalue weighted by Gasteiger charge is -2.49. The molecule has 3 fully saturated rings. The Morgan fingerprint density at radius 2 is 1.58 bits per heavy atom. The van der Waals surface area contributed by atoms with Gasteiger partial charge in [0.05, 0.1) is 5.56 Å². The van der Waals surface area contributed by atoms with Crippen LogP contribution in [0.25, 0.3) is 0 Å². The van der Waals surface area contributed by atoms with Gasteiger partial charge in [0.1, 0.15) is 0 Å². The Hall–Kier alpha value is -1.07. The van der Waals surface area contributed by atoms with Gasteiger partial charge in [-0.05, 0) is 55.8 Å². The van der Waals surface area contributed by atoms with Gasteiger partial charge in [0.15, 0.2) is 0 Å². The maximum absolute atomic E-state index is 12.8. The Morgan fingerprint density at radius 3 is 2.27 bits per heavy atom. The molecule has 144 valence electrons. The fourth-order valence-corrected chi connectivity index (χ4v) is 5.47. The van der Waals surface area contributed by atoms with Crippen LogP contribution < -0.4 is 0 Å². The number of hydrogen-bond donors (Lipinski definition) is 0. The van der Waals surface area contributed by atoms with Gasteiger partial charge in [0.25, 0.3) is 0 Å². The van der Waals surface area contributed by atoms with Crippen molar-refractivity contribution in [1.82, 2.24) is 9.80 Å². The summed E-state index contributed by atoms with van der Waals surface area (Å²) >= 11 is 0. The minimum absolute atomic E-state index is 0.550. The summed E-state index contributed by atoms with van der Waals surface area (Å²) in [4.78, 5) is 5.26. The molecule has 0 spiro atoms. The maximum atomic E-state index is 12.8. The standard InChI is InChI=1S/C21H29F3N2/c22-21(23,24)18-10-8-16(9-11-18)15-26-14-13-25-12-4-7-19(25)20(26)17-5-2-1-3-6-17/h8-11,17,19-20H,1-7,12-15H2/t19-,20-/m1/s1. The quantitative estimate of drug-likeness (QED) is 0.748. The number of alkyl halides is 3. The summed E-state index contributed by atoms with van der Waals surface area (Å²) in [6.07, 6.45) is 4.99. The molecule has 0 aromatic heterocycles. The van der Waals surface area contributed by atoms with Crippen molar-refractivity contribution >= 4 is 0 Å². The molecule has 0 radical (unpaired) electrons. The molecule has 0 amide bonds. The smallest absolute Gasteiger partial charge is 0.298 e. The van der Waals surface area contributed by atoms with Crippen LogP contribution in [0.2, 0.25) is 0 Å². The summed E-state index contributed by atoms with van der Waals surface area (Å²) in [6, 6.07) is 7.03. The van der Waals surface area contributed by atoms with E-state index in [1.54, 1.807) is 12.1 Å². The lowest BCUT2D eigenvalue weighted by molar-refractivity contribution is -0.137. The molecule has 0 unspecified atom stereocenters. The van der Waals surface area contributed by atoms with E-state index in [1.165, 1.54) is 63.6 Å². The fourth-order valence-electron chi connectivity index (χ4n) is 5.47. The Labute approximate surface area is 154 Å². The van der Waals surface area contributed by atoms with E-state index in [1.807, 2.05) is 0 Å². The molecule has 2 saturated heterocycles. The summed E-state index contributed by atoms with van der Waals surface area (Å²) in [5.41, 5.74) is 0.455. The van der Waals surface area contributed by atoms with Crippen LogP contribution in [0.3, 0.4) is 0 Å². The van der Waals surface area contributed by atoms with E-state index in [0.29, 0.717) is 12.1 Å². The number of benzene rings is 1. The van der Waals surface area contributed by atoms with E-state index in [2.05, 4.69) is 9.80 Å². The molecule has 2 nitrogen and oxygen atoms in total. The summed E-state index contributed by atoms with van der Waals surface area (Å²) in [5.74, 6) is 0.754. The van der Waals surface area contributed by atoms with Gasteiger partial charge in [-0.25, -0.2) is 0 Å². The average Bonchev–Trinajstić information content (AvgIpc) is 3.10. The molecule has 1 aliphatic carbocycles. The first kappa shape index (κ1) is 18.3. The predicted molar refractivity (Wildman–Crippen MR) is 96.8 cm³/mol. The normalized spacial score (nSPS) is 29.0. The third kappa shape index (κ3) is 3.79. The molecular weight excluding hydrogens is 337 g/mol. The minimum atomic E-state index is -4.25. The van der Waals surface area contributed by atoms with Crippen LogP contribution in [0.5, 0.6) is 0 Å². The zero-order valence-corrected chi connectivity index (χ0v) is 15.3. The van der Waals surface area contributed by atoms with E-state index in [-0.39, 0.29) is 0 Å². The van der Waals surface area contributed by atoms with Crippen molar-refractivity contribution in [2.45, 2.75) is 69.8 Å². The van der Waals surface area contributed by atoms with Crippen molar-refractivity contribution < 1.29 is 13.2 Å². The molecule has 26 heavy (non-hydrogen) atoms. The van der Waals surface area contributed by atoms with Crippen molar-refractivity contribution in [1.29, 1.82) is 0 Å². The molecule has 2 atom stereocenters. The molecule has 2 heterocycles. The maximum Gasteiger partial charge on any atom is 0.416 e. The highest BCUT2D eigenvalue weighted by Gasteiger charge is 2.42. The topological polar surface area (TPSA) is 6.48 Å². The summed E-state index contributed by atoms with van der Waals surface area (Å²) in [7, 11) is 0. The number of piperazine rings is 1. The number of fused-ring (bicyclic) bond motifs is 1. The van der Waals surface area contributed by atoms with Crippen LogP contribution in [-0.4, -0.2) is 41.5 Å². The van der Waals surface area contributed by atoms with Crippen LogP contribution >= 0.6 is 0 Å². The predicted octanol–water partition coefficient (Wildman–Crippen LogP) is 4.93. The molecule has 1 aromatic rings. The highest BCUT2D eigenvalue weighted by Crippen LogP contribution is 2.38. The lowest BCUT2D eigenvalue weighted by atomic mass is 9.78. The third-order valence-corrected chi connectivity index (χ3v) is 6.70. The van der Waals surface area contributed by atoms with Crippen molar-refractivity contribution in [3.63, 3.8) is 0 Å². The van der Waals surface area contributed by atoms with Crippen LogP contribution in [0.15, 0.2) is 24.3 Å². The van der Waals surface area contributed by atoms with Gasteiger partial charge in [0.2, 0.25) is 0 Å². The van der Waals surface area contributed by atoms with Gasteiger partial charge >= 0.3 is 6.18 Å². The summed E-state index contributed by atoms with van der Waals surface area (Å²) in [5, 5.41) is 0. The van der Waals surface area contributed by atoms with Gasteiger partial charge < -0.3 is 0 Å². The number of halogens is 3. The third-order valence-electron chi connectivity index (χ3n) is 6.70. The van der Waals surface area contributed by atoms with E-state index in [4.69, 9.17) is 0 Å². The van der Waals surface area contributed by atoms with Gasteiger partial charge in [0, 0.05) is 31.7 Å². The van der Waals surface area contributed by atoms with E-state index < -0.39 is 11.7 Å². The molecule has 1 saturated carbocycles. The highest BCUT2D eigenvalue weighted by molar-refractivity contribution is 5.24. The van der Waals surface area contributed by atoms with Crippen molar-refractivity contribution in [2.75, 3.05) is 19.6 Å². The van der Waals surface area contributed by atoms with Gasteiger partial charge in [-0.2, -0.15) is 13.2 Å². The van der Waals surface area contributed by atoms with Crippen LogP contribution in [0, 0.1) is 5.92 Å². The summed E-state index contributed by atoms with van der Waals surface area (Å²) in [6.45, 7) is 4.15. The summed E-state index contributed by atoms with van der Waals surface area (Å²) < 4.78 is 38.4. The number of hydrogen-bond acceptors (Lipinski definition) is 2. The van der Waals surface area contributed by atoms with Crippen molar-refractivity contribution in [3.05, 3.63) is 35.4 Å². The first-order valence-electron chi connectivity index (χ1n) is 10.2. The van der Waals surface area contributed by atoms with Gasteiger partial charge in [-0.1, -0.05) is 31.4 Å². The molecule has 1 aromatic carbocycles. The van der Waals surface area contributed by atoms with Crippen LogP contribution in [0.4, 0.5) is 13.2 Å². The fraction of sp³-hybridized carbons (Fsp3) is 0.714. The minimum Gasteiger partial charge on any atom is -0.298 e. The first-order valence-corrected chi connectivity index (χ1v) is 10.2. The monoisotopic (exact) mass is 366 g/mol.